The summed E-state index contributed by atoms with van der Waals surface area (Å²) in [6, 6.07) is 53.6. The van der Waals surface area contributed by atoms with Crippen LogP contribution in [-0.4, -0.2) is 11.1 Å². The van der Waals surface area contributed by atoms with Crippen molar-refractivity contribution >= 4 is 40.1 Å². The van der Waals surface area contributed by atoms with Gasteiger partial charge in [-0.05, 0) is 95.1 Å². The summed E-state index contributed by atoms with van der Waals surface area (Å²) in [6.07, 6.45) is 0. The normalized spacial score (nSPS) is 12.5. The van der Waals surface area contributed by atoms with Crippen molar-refractivity contribution in [3.8, 4) is 45.3 Å². The van der Waals surface area contributed by atoms with Crippen LogP contribution in [0.1, 0.15) is 10.4 Å². The van der Waals surface area contributed by atoms with E-state index in [-0.39, 0.29) is 5.56 Å². The van der Waals surface area contributed by atoms with Gasteiger partial charge < -0.3 is 24.4 Å². The number of carboxylic acids is 1. The quantitative estimate of drug-likeness (QED) is 0.203. The monoisotopic (exact) mass is 636 g/mol. The minimum Gasteiger partial charge on any atom is -0.478 e. The summed E-state index contributed by atoms with van der Waals surface area (Å²) in [5, 5.41) is 10.6. The fourth-order valence-corrected chi connectivity index (χ4v) is 6.81. The molecule has 1 N–H and O–H groups in total. The molecule has 7 aromatic rings. The highest BCUT2D eigenvalue weighted by atomic mass is 16.5. The van der Waals surface area contributed by atoms with Crippen molar-refractivity contribution in [2.45, 2.75) is 0 Å². The maximum Gasteiger partial charge on any atom is 0.336 e. The molecule has 6 nitrogen and oxygen atoms in total. The minimum absolute atomic E-state index is 0.213. The first-order chi connectivity index (χ1) is 24.1. The number of carbonyl (C=O) groups is 1. The molecule has 0 aromatic heterocycles. The second kappa shape index (κ2) is 11.5. The number of ether oxygens (including phenoxy) is 2. The smallest absolute Gasteiger partial charge is 0.336 e. The average Bonchev–Trinajstić information content (AvgIpc) is 3.16. The largest absolute Gasteiger partial charge is 0.478 e. The molecule has 0 bridgehead atoms. The van der Waals surface area contributed by atoms with E-state index in [4.69, 9.17) is 9.47 Å². The Morgan fingerprint density at radius 3 is 1.33 bits per heavy atom. The summed E-state index contributed by atoms with van der Waals surface area (Å²) in [7, 11) is 0. The number of carboxylic acid groups (broad SMARTS) is 1. The molecular weight excluding hydrogens is 608 g/mol. The van der Waals surface area contributed by atoms with Gasteiger partial charge in [-0.15, -0.1) is 0 Å². The maximum absolute atomic E-state index is 12.9. The van der Waals surface area contributed by atoms with E-state index < -0.39 is 5.97 Å². The van der Waals surface area contributed by atoms with Crippen LogP contribution in [0.5, 0.6) is 23.0 Å². The average molecular weight is 637 g/mol. The predicted molar refractivity (Wildman–Crippen MR) is 194 cm³/mol. The van der Waals surface area contributed by atoms with Gasteiger partial charge in [0, 0.05) is 11.4 Å². The third kappa shape index (κ3) is 4.77. The van der Waals surface area contributed by atoms with Crippen LogP contribution in [0.25, 0.3) is 22.3 Å². The van der Waals surface area contributed by atoms with E-state index >= 15 is 0 Å². The van der Waals surface area contributed by atoms with Crippen LogP contribution in [0.2, 0.25) is 0 Å². The molecule has 0 saturated heterocycles. The Balaban J connectivity index is 1.12. The molecule has 49 heavy (non-hydrogen) atoms. The second-order valence-corrected chi connectivity index (χ2v) is 11.9. The van der Waals surface area contributed by atoms with Gasteiger partial charge in [0.25, 0.3) is 0 Å². The highest BCUT2D eigenvalue weighted by molar-refractivity contribution is 6.01. The summed E-state index contributed by atoms with van der Waals surface area (Å²) in [5.74, 6) is 2.01. The fourth-order valence-electron chi connectivity index (χ4n) is 6.81. The number of benzene rings is 7. The van der Waals surface area contributed by atoms with Gasteiger partial charge in [0.1, 0.15) is 0 Å². The molecule has 0 atom stereocenters. The molecule has 9 rings (SSSR count). The molecule has 0 radical (unpaired) electrons. The Labute approximate surface area is 283 Å². The molecule has 0 unspecified atom stereocenters. The number of para-hydroxylation sites is 8. The Hall–Kier alpha value is -6.79. The number of anilines is 6. The molecule has 0 saturated carbocycles. The molecule has 2 aliphatic heterocycles. The zero-order chi connectivity index (χ0) is 32.9. The van der Waals surface area contributed by atoms with Gasteiger partial charge in [-0.2, -0.15) is 0 Å². The molecule has 0 aliphatic carbocycles. The standard InChI is InChI=1S/C43H28N2O4/c46-43(47)34-27-30(45-37-15-5-9-19-41(37)49-42-20-10-6-16-38(42)45)25-26-33(34)32-12-2-1-11-31(32)28-21-23-29(24-22-28)44-35-13-3-7-17-39(35)48-40-18-8-4-14-36(40)44/h1-27H,(H,46,47). The Morgan fingerprint density at radius 2 is 0.837 bits per heavy atom. The Kier molecular flexibility index (Phi) is 6.66. The predicted octanol–water partition coefficient (Wildman–Crippen LogP) is 11.9. The van der Waals surface area contributed by atoms with Crippen molar-refractivity contribution in [1.82, 2.24) is 0 Å². The minimum atomic E-state index is -0.999. The zero-order valence-electron chi connectivity index (χ0n) is 26.2. The molecule has 2 heterocycles. The number of hydrogen-bond donors (Lipinski definition) is 1. The summed E-state index contributed by atoms with van der Waals surface area (Å²) in [5.41, 5.74) is 8.95. The van der Waals surface area contributed by atoms with E-state index in [1.54, 1.807) is 6.07 Å². The van der Waals surface area contributed by atoms with Crippen LogP contribution in [0.15, 0.2) is 164 Å². The van der Waals surface area contributed by atoms with Gasteiger partial charge in [-0.25, -0.2) is 4.79 Å². The number of aromatic carboxylic acids is 1. The van der Waals surface area contributed by atoms with Crippen LogP contribution in [0, 0.1) is 0 Å². The Morgan fingerprint density at radius 1 is 0.429 bits per heavy atom. The highest BCUT2D eigenvalue weighted by Gasteiger charge is 2.28. The topological polar surface area (TPSA) is 62.2 Å². The summed E-state index contributed by atoms with van der Waals surface area (Å²) < 4.78 is 12.4. The third-order valence-corrected chi connectivity index (χ3v) is 9.01. The van der Waals surface area contributed by atoms with Crippen molar-refractivity contribution in [3.05, 3.63) is 169 Å². The molecule has 0 spiro atoms. The summed E-state index contributed by atoms with van der Waals surface area (Å²) >= 11 is 0. The van der Waals surface area contributed by atoms with E-state index in [1.807, 2.05) is 121 Å². The van der Waals surface area contributed by atoms with Gasteiger partial charge in [0.2, 0.25) is 0 Å². The van der Waals surface area contributed by atoms with E-state index in [1.165, 1.54) is 0 Å². The lowest BCUT2D eigenvalue weighted by atomic mass is 9.91. The van der Waals surface area contributed by atoms with Crippen LogP contribution in [0.3, 0.4) is 0 Å². The molecule has 0 fully saturated rings. The zero-order valence-corrected chi connectivity index (χ0v) is 26.2. The first kappa shape index (κ1) is 28.4. The molecule has 0 amide bonds. The number of hydrogen-bond acceptors (Lipinski definition) is 5. The lowest BCUT2D eigenvalue weighted by Crippen LogP contribution is -2.16. The van der Waals surface area contributed by atoms with Crippen molar-refractivity contribution in [3.63, 3.8) is 0 Å². The van der Waals surface area contributed by atoms with Crippen molar-refractivity contribution in [2.75, 3.05) is 9.80 Å². The van der Waals surface area contributed by atoms with E-state index in [9.17, 15) is 9.90 Å². The lowest BCUT2D eigenvalue weighted by Gasteiger charge is -2.33. The second-order valence-electron chi connectivity index (χ2n) is 11.9. The number of fused-ring (bicyclic) bond motifs is 4. The molecule has 7 aromatic carbocycles. The maximum atomic E-state index is 12.9. The van der Waals surface area contributed by atoms with Gasteiger partial charge in [-0.3, -0.25) is 0 Å². The first-order valence-electron chi connectivity index (χ1n) is 16.0. The molecule has 6 heteroatoms. The van der Waals surface area contributed by atoms with Crippen LogP contribution >= 0.6 is 0 Å². The van der Waals surface area contributed by atoms with Crippen LogP contribution < -0.4 is 19.3 Å². The lowest BCUT2D eigenvalue weighted by molar-refractivity contribution is 0.0697. The van der Waals surface area contributed by atoms with Crippen LogP contribution in [-0.2, 0) is 0 Å². The Bertz CT molecular complexity index is 2310. The van der Waals surface area contributed by atoms with Gasteiger partial charge in [-0.1, -0.05) is 91.0 Å². The number of nitrogens with zero attached hydrogens (tertiary/aromatic N) is 2. The molecular formula is C43H28N2O4. The fraction of sp³-hybridized carbons (Fsp3) is 0. The van der Waals surface area contributed by atoms with Crippen molar-refractivity contribution < 1.29 is 19.4 Å². The van der Waals surface area contributed by atoms with Gasteiger partial charge in [0.05, 0.1) is 28.3 Å². The molecule has 2 aliphatic rings. The SMILES string of the molecule is O=C(O)c1cc(N2c3ccccc3Oc3ccccc32)ccc1-c1ccccc1-c1ccc(N2c3ccccc3Oc3ccccc32)cc1. The van der Waals surface area contributed by atoms with Gasteiger partial charge in [0.15, 0.2) is 23.0 Å². The van der Waals surface area contributed by atoms with E-state index in [2.05, 4.69) is 46.2 Å². The summed E-state index contributed by atoms with van der Waals surface area (Å²) in [6.45, 7) is 0. The third-order valence-electron chi connectivity index (χ3n) is 9.01. The van der Waals surface area contributed by atoms with E-state index in [0.717, 1.165) is 62.3 Å². The number of rotatable bonds is 5. The van der Waals surface area contributed by atoms with E-state index in [0.29, 0.717) is 17.1 Å². The highest BCUT2D eigenvalue weighted by Crippen LogP contribution is 2.52. The van der Waals surface area contributed by atoms with Gasteiger partial charge >= 0.3 is 5.97 Å². The van der Waals surface area contributed by atoms with Crippen LogP contribution in [0.4, 0.5) is 34.1 Å². The molecule has 234 valence electrons. The first-order valence-corrected chi connectivity index (χ1v) is 16.0. The summed E-state index contributed by atoms with van der Waals surface area (Å²) in [4.78, 5) is 17.2. The van der Waals surface area contributed by atoms with Crippen molar-refractivity contribution in [1.29, 1.82) is 0 Å². The van der Waals surface area contributed by atoms with Crippen molar-refractivity contribution in [2.24, 2.45) is 0 Å².